The molecule has 1 aromatic carbocycles. The van der Waals surface area contributed by atoms with E-state index in [4.69, 9.17) is 11.6 Å². The molecule has 0 radical (unpaired) electrons. The van der Waals surface area contributed by atoms with E-state index < -0.39 is 6.09 Å². The summed E-state index contributed by atoms with van der Waals surface area (Å²) in [6, 6.07) is 7.83. The van der Waals surface area contributed by atoms with Crippen LogP contribution in [-0.2, 0) is 6.42 Å². The molecule has 0 atom stereocenters. The minimum absolute atomic E-state index is 0.189. The monoisotopic (exact) mass is 281 g/mol. The smallest absolute Gasteiger partial charge is 0.407 e. The molecule has 1 fully saturated rings. The zero-order valence-corrected chi connectivity index (χ0v) is 11.8. The number of hydrogen-bond acceptors (Lipinski definition) is 1. The summed E-state index contributed by atoms with van der Waals surface area (Å²) in [6.45, 7) is 0.531. The Morgan fingerprint density at radius 2 is 1.95 bits per heavy atom. The molecule has 1 aliphatic carbocycles. The SMILES string of the molecule is O=C(O)N(CCc1ccccc1Cl)C1CCCCC1. The molecule has 0 saturated heterocycles. The van der Waals surface area contributed by atoms with E-state index in [0.29, 0.717) is 13.0 Å². The average Bonchev–Trinajstić information content (AvgIpc) is 2.42. The lowest BCUT2D eigenvalue weighted by Crippen LogP contribution is -2.41. The van der Waals surface area contributed by atoms with Gasteiger partial charge in [-0.25, -0.2) is 4.79 Å². The van der Waals surface area contributed by atoms with Gasteiger partial charge in [0.1, 0.15) is 0 Å². The van der Waals surface area contributed by atoms with Gasteiger partial charge in [-0.05, 0) is 30.9 Å². The Bertz CT molecular complexity index is 430. The first-order chi connectivity index (χ1) is 9.18. The normalized spacial score (nSPS) is 16.3. The molecule has 4 heteroatoms. The topological polar surface area (TPSA) is 40.5 Å². The van der Waals surface area contributed by atoms with Crippen LogP contribution >= 0.6 is 11.6 Å². The van der Waals surface area contributed by atoms with Crippen LogP contribution in [0.4, 0.5) is 4.79 Å². The molecule has 0 aliphatic heterocycles. The van der Waals surface area contributed by atoms with E-state index >= 15 is 0 Å². The highest BCUT2D eigenvalue weighted by Gasteiger charge is 2.24. The lowest BCUT2D eigenvalue weighted by molar-refractivity contribution is 0.112. The Kier molecular flexibility index (Phi) is 5.08. The predicted molar refractivity (Wildman–Crippen MR) is 76.8 cm³/mol. The maximum absolute atomic E-state index is 11.4. The van der Waals surface area contributed by atoms with E-state index in [2.05, 4.69) is 0 Å². The molecule has 0 bridgehead atoms. The zero-order valence-electron chi connectivity index (χ0n) is 11.0. The average molecular weight is 282 g/mol. The fraction of sp³-hybridized carbons (Fsp3) is 0.533. The fourth-order valence-corrected chi connectivity index (χ4v) is 3.00. The second-order valence-corrected chi connectivity index (χ2v) is 5.52. The summed E-state index contributed by atoms with van der Waals surface area (Å²) in [6.07, 6.45) is 5.38. The van der Waals surface area contributed by atoms with E-state index in [1.165, 1.54) is 6.42 Å². The third-order valence-electron chi connectivity index (χ3n) is 3.84. The second kappa shape index (κ2) is 6.80. The van der Waals surface area contributed by atoms with E-state index in [9.17, 15) is 9.90 Å². The molecule has 1 saturated carbocycles. The molecule has 0 unspecified atom stereocenters. The number of nitrogens with zero attached hydrogens (tertiary/aromatic N) is 1. The van der Waals surface area contributed by atoms with Crippen molar-refractivity contribution >= 4 is 17.7 Å². The van der Waals surface area contributed by atoms with Gasteiger partial charge in [-0.1, -0.05) is 49.1 Å². The molecule has 104 valence electrons. The van der Waals surface area contributed by atoms with Crippen molar-refractivity contribution in [2.45, 2.75) is 44.6 Å². The highest BCUT2D eigenvalue weighted by atomic mass is 35.5. The first kappa shape index (κ1) is 14.2. The summed E-state index contributed by atoms with van der Waals surface area (Å²) in [4.78, 5) is 13.0. The van der Waals surface area contributed by atoms with E-state index in [0.717, 1.165) is 36.3 Å². The van der Waals surface area contributed by atoms with Crippen molar-refractivity contribution < 1.29 is 9.90 Å². The molecule has 2 rings (SSSR count). The van der Waals surface area contributed by atoms with Gasteiger partial charge in [0.15, 0.2) is 0 Å². The first-order valence-electron chi connectivity index (χ1n) is 6.91. The predicted octanol–water partition coefficient (Wildman–Crippen LogP) is 4.20. The number of rotatable bonds is 4. The summed E-state index contributed by atoms with van der Waals surface area (Å²) in [5.41, 5.74) is 1.02. The maximum atomic E-state index is 11.4. The molecule has 1 amide bonds. The molecular weight excluding hydrogens is 262 g/mol. The van der Waals surface area contributed by atoms with Gasteiger partial charge in [0.05, 0.1) is 0 Å². The third-order valence-corrected chi connectivity index (χ3v) is 4.21. The lowest BCUT2D eigenvalue weighted by atomic mass is 9.94. The lowest BCUT2D eigenvalue weighted by Gasteiger charge is -2.32. The van der Waals surface area contributed by atoms with E-state index in [1.807, 2.05) is 24.3 Å². The van der Waals surface area contributed by atoms with Crippen molar-refractivity contribution in [3.05, 3.63) is 34.9 Å². The summed E-state index contributed by atoms with van der Waals surface area (Å²) in [7, 11) is 0. The summed E-state index contributed by atoms with van der Waals surface area (Å²) >= 11 is 6.11. The molecule has 1 aliphatic rings. The Hall–Kier alpha value is -1.22. The number of carboxylic acid groups (broad SMARTS) is 1. The van der Waals surface area contributed by atoms with Crippen LogP contribution in [0.1, 0.15) is 37.7 Å². The van der Waals surface area contributed by atoms with Crippen LogP contribution in [-0.4, -0.2) is 28.7 Å². The van der Waals surface area contributed by atoms with E-state index in [-0.39, 0.29) is 6.04 Å². The molecule has 1 aromatic rings. The largest absolute Gasteiger partial charge is 0.465 e. The van der Waals surface area contributed by atoms with Crippen molar-refractivity contribution in [1.82, 2.24) is 4.90 Å². The molecule has 0 heterocycles. The first-order valence-corrected chi connectivity index (χ1v) is 7.29. The van der Waals surface area contributed by atoms with Crippen LogP contribution in [0.5, 0.6) is 0 Å². The van der Waals surface area contributed by atoms with Gasteiger partial charge < -0.3 is 10.0 Å². The molecular formula is C15H20ClNO2. The van der Waals surface area contributed by atoms with Gasteiger partial charge in [0.2, 0.25) is 0 Å². The standard InChI is InChI=1S/C15H20ClNO2/c16-14-9-5-4-6-12(14)10-11-17(15(18)19)13-7-2-1-3-8-13/h4-6,9,13H,1-3,7-8,10-11H2,(H,18,19). The van der Waals surface area contributed by atoms with Gasteiger partial charge >= 0.3 is 6.09 Å². The van der Waals surface area contributed by atoms with Crippen LogP contribution < -0.4 is 0 Å². The maximum Gasteiger partial charge on any atom is 0.407 e. The minimum atomic E-state index is -0.807. The molecule has 3 nitrogen and oxygen atoms in total. The van der Waals surface area contributed by atoms with Crippen LogP contribution in [0.3, 0.4) is 0 Å². The minimum Gasteiger partial charge on any atom is -0.465 e. The Morgan fingerprint density at radius 3 is 2.58 bits per heavy atom. The zero-order chi connectivity index (χ0) is 13.7. The Labute approximate surface area is 119 Å². The number of benzene rings is 1. The molecule has 0 spiro atoms. The number of halogens is 1. The molecule has 19 heavy (non-hydrogen) atoms. The second-order valence-electron chi connectivity index (χ2n) is 5.11. The Balaban J connectivity index is 1.97. The van der Waals surface area contributed by atoms with E-state index in [1.54, 1.807) is 4.90 Å². The van der Waals surface area contributed by atoms with Crippen LogP contribution in [0, 0.1) is 0 Å². The van der Waals surface area contributed by atoms with Crippen LogP contribution in [0.25, 0.3) is 0 Å². The van der Waals surface area contributed by atoms with Gasteiger partial charge in [0, 0.05) is 17.6 Å². The highest BCUT2D eigenvalue weighted by Crippen LogP contribution is 2.23. The van der Waals surface area contributed by atoms with Crippen molar-refractivity contribution in [3.63, 3.8) is 0 Å². The summed E-state index contributed by atoms with van der Waals surface area (Å²) in [5, 5.41) is 10.1. The summed E-state index contributed by atoms with van der Waals surface area (Å²) < 4.78 is 0. The Morgan fingerprint density at radius 1 is 1.26 bits per heavy atom. The third kappa shape index (κ3) is 3.87. The van der Waals surface area contributed by atoms with Crippen molar-refractivity contribution in [2.75, 3.05) is 6.54 Å². The van der Waals surface area contributed by atoms with Gasteiger partial charge in [-0.15, -0.1) is 0 Å². The van der Waals surface area contributed by atoms with Crippen LogP contribution in [0.15, 0.2) is 24.3 Å². The fourth-order valence-electron chi connectivity index (χ4n) is 2.77. The van der Waals surface area contributed by atoms with Crippen LogP contribution in [0.2, 0.25) is 5.02 Å². The number of carbonyl (C=O) groups is 1. The van der Waals surface area contributed by atoms with Gasteiger partial charge in [-0.3, -0.25) is 0 Å². The van der Waals surface area contributed by atoms with Gasteiger partial charge in [0.25, 0.3) is 0 Å². The number of hydrogen-bond donors (Lipinski definition) is 1. The summed E-state index contributed by atoms with van der Waals surface area (Å²) in [5.74, 6) is 0. The molecule has 0 aromatic heterocycles. The number of amides is 1. The van der Waals surface area contributed by atoms with Crippen molar-refractivity contribution in [2.24, 2.45) is 0 Å². The van der Waals surface area contributed by atoms with Crippen molar-refractivity contribution in [1.29, 1.82) is 0 Å². The quantitative estimate of drug-likeness (QED) is 0.899. The van der Waals surface area contributed by atoms with Crippen molar-refractivity contribution in [3.8, 4) is 0 Å². The molecule has 1 N–H and O–H groups in total. The highest BCUT2D eigenvalue weighted by molar-refractivity contribution is 6.31. The van der Waals surface area contributed by atoms with Gasteiger partial charge in [-0.2, -0.15) is 0 Å².